The molecule has 0 fully saturated rings. The largest absolute Gasteiger partial charge is 0.324 e. The second-order valence-electron chi connectivity index (χ2n) is 6.94. The van der Waals surface area contributed by atoms with Crippen molar-refractivity contribution in [3.05, 3.63) is 102 Å². The summed E-state index contributed by atoms with van der Waals surface area (Å²) < 4.78 is 0. The molecule has 0 radical (unpaired) electrons. The number of nitrogens with one attached hydrogen (secondary N) is 1. The van der Waals surface area contributed by atoms with E-state index in [1.54, 1.807) is 24.3 Å². The van der Waals surface area contributed by atoms with Crippen LogP contribution in [-0.2, 0) is 4.79 Å². The Labute approximate surface area is 172 Å². The lowest BCUT2D eigenvalue weighted by molar-refractivity contribution is -0.117. The van der Waals surface area contributed by atoms with Gasteiger partial charge in [0.05, 0.1) is 12.2 Å². The zero-order valence-electron chi connectivity index (χ0n) is 16.8. The van der Waals surface area contributed by atoms with Crippen LogP contribution in [-0.4, -0.2) is 29.7 Å². The second-order valence-corrected chi connectivity index (χ2v) is 6.94. The van der Waals surface area contributed by atoms with Gasteiger partial charge >= 0.3 is 0 Å². The van der Waals surface area contributed by atoms with E-state index in [4.69, 9.17) is 0 Å². The molecular weight excluding hydrogens is 360 g/mol. The van der Waals surface area contributed by atoms with Crippen LogP contribution in [0.3, 0.4) is 0 Å². The maximum absolute atomic E-state index is 12.9. The molecule has 0 bridgehead atoms. The zero-order valence-corrected chi connectivity index (χ0v) is 16.8. The summed E-state index contributed by atoms with van der Waals surface area (Å²) >= 11 is 0. The quantitative estimate of drug-likeness (QED) is 0.558. The van der Waals surface area contributed by atoms with Crippen LogP contribution < -0.4 is 5.32 Å². The number of hydrogen-bond donors (Lipinski definition) is 1. The molecule has 1 N–H and O–H groups in total. The summed E-state index contributed by atoms with van der Waals surface area (Å²) in [6, 6.07) is 26.5. The van der Waals surface area contributed by atoms with Gasteiger partial charge in [0.1, 0.15) is 0 Å². The maximum atomic E-state index is 12.9. The van der Waals surface area contributed by atoms with Crippen molar-refractivity contribution < 1.29 is 9.59 Å². The molecule has 0 aromatic heterocycles. The molecule has 3 aromatic carbocycles. The van der Waals surface area contributed by atoms with E-state index in [-0.39, 0.29) is 24.3 Å². The van der Waals surface area contributed by atoms with Crippen molar-refractivity contribution in [2.24, 2.45) is 0 Å². The van der Waals surface area contributed by atoms with Crippen molar-refractivity contribution in [1.82, 2.24) is 4.90 Å². The number of para-hydroxylation sites is 1. The second kappa shape index (κ2) is 9.80. The summed E-state index contributed by atoms with van der Waals surface area (Å²) in [5, 5.41) is 2.93. The van der Waals surface area contributed by atoms with E-state index in [9.17, 15) is 9.59 Å². The highest BCUT2D eigenvalue weighted by atomic mass is 16.2. The van der Waals surface area contributed by atoms with Crippen LogP contribution >= 0.6 is 0 Å². The number of carbonyl (C=O) groups is 2. The third-order valence-corrected chi connectivity index (χ3v) is 5.06. The minimum atomic E-state index is -0.136. The topological polar surface area (TPSA) is 49.4 Å². The van der Waals surface area contributed by atoms with Gasteiger partial charge in [0.15, 0.2) is 5.78 Å². The van der Waals surface area contributed by atoms with Crippen LogP contribution in [0.2, 0.25) is 0 Å². The number of likely N-dealkylation sites (N-methyl/N-ethyl adjacent to an activating group) is 1. The summed E-state index contributed by atoms with van der Waals surface area (Å²) in [4.78, 5) is 27.7. The lowest BCUT2D eigenvalue weighted by atomic mass is 10.0. The summed E-state index contributed by atoms with van der Waals surface area (Å²) in [5.41, 5.74) is 2.80. The highest BCUT2D eigenvalue weighted by Crippen LogP contribution is 2.21. The fourth-order valence-corrected chi connectivity index (χ4v) is 3.37. The Morgan fingerprint density at radius 2 is 1.45 bits per heavy atom. The van der Waals surface area contributed by atoms with Crippen molar-refractivity contribution in [1.29, 1.82) is 0 Å². The Bertz CT molecular complexity index is 955. The first-order chi connectivity index (χ1) is 14.1. The zero-order chi connectivity index (χ0) is 20.6. The molecule has 3 rings (SSSR count). The Balaban J connectivity index is 1.73. The van der Waals surface area contributed by atoms with E-state index in [1.807, 2.05) is 55.5 Å². The smallest absolute Gasteiger partial charge is 0.238 e. The first kappa shape index (κ1) is 20.5. The molecule has 1 amide bonds. The van der Waals surface area contributed by atoms with Gasteiger partial charge in [0.2, 0.25) is 5.91 Å². The van der Waals surface area contributed by atoms with E-state index < -0.39 is 0 Å². The van der Waals surface area contributed by atoms with Crippen molar-refractivity contribution in [2.75, 3.05) is 18.4 Å². The van der Waals surface area contributed by atoms with Gasteiger partial charge in [-0.1, -0.05) is 79.7 Å². The highest BCUT2D eigenvalue weighted by Gasteiger charge is 2.19. The van der Waals surface area contributed by atoms with E-state index in [0.29, 0.717) is 16.8 Å². The van der Waals surface area contributed by atoms with Crippen LogP contribution in [0.1, 0.15) is 41.4 Å². The molecule has 0 spiro atoms. The SMILES string of the molecule is CCN(CC(=O)Nc1ccccc1C(=O)c1ccccc1)[C@@H](C)c1ccccc1. The number of carbonyl (C=O) groups excluding carboxylic acids is 2. The minimum Gasteiger partial charge on any atom is -0.324 e. The average molecular weight is 386 g/mol. The van der Waals surface area contributed by atoms with Crippen LogP contribution in [0.25, 0.3) is 0 Å². The van der Waals surface area contributed by atoms with Crippen LogP contribution in [0.15, 0.2) is 84.9 Å². The standard InChI is InChI=1S/C25H26N2O2/c1-3-27(19(2)20-12-6-4-7-13-20)18-24(28)26-23-17-11-10-16-22(23)25(29)21-14-8-5-9-15-21/h4-17,19H,3,18H2,1-2H3,(H,26,28)/t19-/m0/s1. The van der Waals surface area contributed by atoms with Crippen molar-refractivity contribution >= 4 is 17.4 Å². The molecule has 0 heterocycles. The van der Waals surface area contributed by atoms with Gasteiger partial charge in [-0.15, -0.1) is 0 Å². The first-order valence-electron chi connectivity index (χ1n) is 9.87. The Hall–Kier alpha value is -3.24. The van der Waals surface area contributed by atoms with E-state index >= 15 is 0 Å². The molecule has 29 heavy (non-hydrogen) atoms. The van der Waals surface area contributed by atoms with Gasteiger partial charge in [-0.2, -0.15) is 0 Å². The number of rotatable bonds is 8. The molecule has 148 valence electrons. The third-order valence-electron chi connectivity index (χ3n) is 5.06. The van der Waals surface area contributed by atoms with Gasteiger partial charge in [0.25, 0.3) is 0 Å². The van der Waals surface area contributed by atoms with Gasteiger partial charge < -0.3 is 5.32 Å². The Morgan fingerprint density at radius 1 is 0.862 bits per heavy atom. The Morgan fingerprint density at radius 3 is 2.10 bits per heavy atom. The first-order valence-corrected chi connectivity index (χ1v) is 9.87. The summed E-state index contributed by atoms with van der Waals surface area (Å²) in [6.45, 7) is 5.13. The van der Waals surface area contributed by atoms with E-state index in [1.165, 1.54) is 5.56 Å². The third kappa shape index (κ3) is 5.18. The molecule has 1 atom stereocenters. The van der Waals surface area contributed by atoms with Crippen molar-refractivity contribution in [3.8, 4) is 0 Å². The minimum absolute atomic E-state index is 0.105. The number of amides is 1. The average Bonchev–Trinajstić information content (AvgIpc) is 2.78. The normalized spacial score (nSPS) is 11.8. The molecule has 4 heteroatoms. The fraction of sp³-hybridized carbons (Fsp3) is 0.200. The lowest BCUT2D eigenvalue weighted by Gasteiger charge is -2.27. The van der Waals surface area contributed by atoms with Crippen LogP contribution in [0, 0.1) is 0 Å². The van der Waals surface area contributed by atoms with Crippen molar-refractivity contribution in [2.45, 2.75) is 19.9 Å². The predicted octanol–water partition coefficient (Wildman–Crippen LogP) is 4.94. The number of benzene rings is 3. The maximum Gasteiger partial charge on any atom is 0.238 e. The highest BCUT2D eigenvalue weighted by molar-refractivity contribution is 6.13. The fourth-order valence-electron chi connectivity index (χ4n) is 3.37. The molecule has 0 aliphatic heterocycles. The van der Waals surface area contributed by atoms with Gasteiger partial charge in [0, 0.05) is 17.2 Å². The number of ketones is 1. The van der Waals surface area contributed by atoms with E-state index in [2.05, 4.69) is 29.3 Å². The molecule has 0 saturated carbocycles. The summed E-state index contributed by atoms with van der Waals surface area (Å²) in [5.74, 6) is -0.241. The lowest BCUT2D eigenvalue weighted by Crippen LogP contribution is -2.35. The summed E-state index contributed by atoms with van der Waals surface area (Å²) in [7, 11) is 0. The number of hydrogen-bond acceptors (Lipinski definition) is 3. The molecule has 0 aliphatic rings. The van der Waals surface area contributed by atoms with E-state index in [0.717, 1.165) is 6.54 Å². The number of anilines is 1. The Kier molecular flexibility index (Phi) is 6.93. The molecule has 0 saturated heterocycles. The van der Waals surface area contributed by atoms with Gasteiger partial charge in [-0.05, 0) is 31.2 Å². The molecular formula is C25H26N2O2. The molecule has 4 nitrogen and oxygen atoms in total. The van der Waals surface area contributed by atoms with Crippen LogP contribution in [0.4, 0.5) is 5.69 Å². The van der Waals surface area contributed by atoms with Gasteiger partial charge in [-0.3, -0.25) is 14.5 Å². The monoisotopic (exact) mass is 386 g/mol. The predicted molar refractivity (Wildman–Crippen MR) is 117 cm³/mol. The molecule has 0 aliphatic carbocycles. The van der Waals surface area contributed by atoms with Crippen molar-refractivity contribution in [3.63, 3.8) is 0 Å². The van der Waals surface area contributed by atoms with Crippen LogP contribution in [0.5, 0.6) is 0 Å². The molecule has 0 unspecified atom stereocenters. The van der Waals surface area contributed by atoms with Gasteiger partial charge in [-0.25, -0.2) is 0 Å². The summed E-state index contributed by atoms with van der Waals surface area (Å²) in [6.07, 6.45) is 0. The number of nitrogens with zero attached hydrogens (tertiary/aromatic N) is 1. The molecule has 3 aromatic rings.